The first-order valence-corrected chi connectivity index (χ1v) is 9.26. The Balaban J connectivity index is 1.68. The lowest BCUT2D eigenvalue weighted by atomic mass is 9.68. The van der Waals surface area contributed by atoms with E-state index in [1.807, 2.05) is 54.1 Å². The quantitative estimate of drug-likeness (QED) is 0.846. The Morgan fingerprint density at radius 1 is 1.24 bits per heavy atom. The van der Waals surface area contributed by atoms with Crippen LogP contribution in [0, 0.1) is 5.41 Å². The smallest absolute Gasteiger partial charge is 0.409 e. The van der Waals surface area contributed by atoms with Crippen molar-refractivity contribution in [1.29, 1.82) is 0 Å². The van der Waals surface area contributed by atoms with E-state index in [1.54, 1.807) is 0 Å². The molecule has 1 aromatic carbocycles. The molecule has 25 heavy (non-hydrogen) atoms. The summed E-state index contributed by atoms with van der Waals surface area (Å²) in [5, 5.41) is 0. The van der Waals surface area contributed by atoms with Gasteiger partial charge in [0.25, 0.3) is 0 Å². The lowest BCUT2D eigenvalue weighted by molar-refractivity contribution is -0.139. The van der Waals surface area contributed by atoms with Crippen LogP contribution in [0.4, 0.5) is 4.79 Å². The van der Waals surface area contributed by atoms with Crippen LogP contribution < -0.4 is 0 Å². The summed E-state index contributed by atoms with van der Waals surface area (Å²) in [7, 11) is 1.90. The molecule has 0 aliphatic carbocycles. The number of nitrogens with zero attached hydrogens (tertiary/aromatic N) is 2. The fourth-order valence-electron chi connectivity index (χ4n) is 4.18. The van der Waals surface area contributed by atoms with Crippen molar-refractivity contribution in [2.75, 3.05) is 33.3 Å². The van der Waals surface area contributed by atoms with Gasteiger partial charge in [-0.3, -0.25) is 4.79 Å². The number of carbonyl (C=O) groups excluding carboxylic acids is 2. The Morgan fingerprint density at radius 2 is 1.92 bits per heavy atom. The third-order valence-electron chi connectivity index (χ3n) is 5.60. The number of amides is 2. The monoisotopic (exact) mass is 344 g/mol. The van der Waals surface area contributed by atoms with Crippen molar-refractivity contribution in [3.63, 3.8) is 0 Å². The fourth-order valence-corrected chi connectivity index (χ4v) is 4.18. The minimum absolute atomic E-state index is 0.0708. The molecule has 0 unspecified atom stereocenters. The summed E-state index contributed by atoms with van der Waals surface area (Å²) in [6.45, 7) is 4.69. The highest BCUT2D eigenvalue weighted by Crippen LogP contribution is 2.45. The molecule has 3 rings (SSSR count). The van der Waals surface area contributed by atoms with E-state index in [4.69, 9.17) is 4.74 Å². The summed E-state index contributed by atoms with van der Waals surface area (Å²) in [6.07, 6.45) is 3.37. The van der Waals surface area contributed by atoms with Crippen LogP contribution in [-0.2, 0) is 9.53 Å². The van der Waals surface area contributed by atoms with Gasteiger partial charge in [0, 0.05) is 26.7 Å². The van der Waals surface area contributed by atoms with Gasteiger partial charge in [0.1, 0.15) is 0 Å². The van der Waals surface area contributed by atoms with Crippen molar-refractivity contribution in [1.82, 2.24) is 9.80 Å². The van der Waals surface area contributed by atoms with Crippen LogP contribution >= 0.6 is 0 Å². The Kier molecular flexibility index (Phi) is 5.30. The van der Waals surface area contributed by atoms with Crippen LogP contribution in [0.25, 0.3) is 0 Å². The molecule has 2 saturated heterocycles. The largest absolute Gasteiger partial charge is 0.449 e. The summed E-state index contributed by atoms with van der Waals surface area (Å²) < 4.78 is 5.26. The standard InChI is InChI=1S/C20H28N2O3/c1-3-13-25-19(24)22-11-9-20(10-12-22)14-17(18(23)21(2)15-20)16-7-5-4-6-8-16/h4-8,17H,3,9-15H2,1-2H3/t17-/m0/s1. The average molecular weight is 344 g/mol. The number of hydrogen-bond donors (Lipinski definition) is 0. The third kappa shape index (κ3) is 3.80. The number of ether oxygens (including phenoxy) is 1. The zero-order chi connectivity index (χ0) is 17.9. The first kappa shape index (κ1) is 17.8. The lowest BCUT2D eigenvalue weighted by Gasteiger charge is -2.48. The second-order valence-corrected chi connectivity index (χ2v) is 7.46. The van der Waals surface area contributed by atoms with Crippen LogP contribution in [0.1, 0.15) is 44.1 Å². The van der Waals surface area contributed by atoms with Crippen molar-refractivity contribution < 1.29 is 14.3 Å². The molecule has 5 heteroatoms. The highest BCUT2D eigenvalue weighted by Gasteiger charge is 2.45. The predicted octanol–water partition coefficient (Wildman–Crippen LogP) is 3.26. The molecule has 5 nitrogen and oxygen atoms in total. The predicted molar refractivity (Wildman–Crippen MR) is 96.3 cm³/mol. The molecule has 0 saturated carbocycles. The van der Waals surface area contributed by atoms with Crippen molar-refractivity contribution in [2.24, 2.45) is 5.41 Å². The number of carbonyl (C=O) groups is 2. The summed E-state index contributed by atoms with van der Waals surface area (Å²) in [4.78, 5) is 28.4. The van der Waals surface area contributed by atoms with Crippen LogP contribution in [0.3, 0.4) is 0 Å². The third-order valence-corrected chi connectivity index (χ3v) is 5.60. The van der Waals surface area contributed by atoms with E-state index < -0.39 is 0 Å². The van der Waals surface area contributed by atoms with Gasteiger partial charge in [0.05, 0.1) is 12.5 Å². The normalized spacial score (nSPS) is 23.0. The fraction of sp³-hybridized carbons (Fsp3) is 0.600. The number of piperidine rings is 2. The molecular formula is C20H28N2O3. The molecule has 2 aliphatic rings. The Labute approximate surface area is 149 Å². The van der Waals surface area contributed by atoms with E-state index in [2.05, 4.69) is 0 Å². The van der Waals surface area contributed by atoms with Gasteiger partial charge >= 0.3 is 6.09 Å². The molecule has 1 spiro atoms. The highest BCUT2D eigenvalue weighted by molar-refractivity contribution is 5.84. The van der Waals surface area contributed by atoms with Crippen molar-refractivity contribution in [2.45, 2.75) is 38.5 Å². The molecule has 2 heterocycles. The Hall–Kier alpha value is -2.04. The molecule has 0 N–H and O–H groups in total. The maximum absolute atomic E-state index is 12.7. The maximum Gasteiger partial charge on any atom is 0.409 e. The second kappa shape index (κ2) is 7.46. The minimum Gasteiger partial charge on any atom is -0.449 e. The molecule has 136 valence electrons. The van der Waals surface area contributed by atoms with Crippen molar-refractivity contribution in [3.8, 4) is 0 Å². The van der Waals surface area contributed by atoms with Crippen LogP contribution in [-0.4, -0.2) is 55.1 Å². The maximum atomic E-state index is 12.7. The summed E-state index contributed by atoms with van der Waals surface area (Å²) in [5.41, 5.74) is 1.20. The summed E-state index contributed by atoms with van der Waals surface area (Å²) >= 11 is 0. The number of hydrogen-bond acceptors (Lipinski definition) is 3. The zero-order valence-electron chi connectivity index (χ0n) is 15.2. The molecule has 0 aromatic heterocycles. The molecule has 0 radical (unpaired) electrons. The van der Waals surface area contributed by atoms with Gasteiger partial charge < -0.3 is 14.5 Å². The SMILES string of the molecule is CCCOC(=O)N1CCC2(CC1)C[C@@H](c1ccccc1)C(=O)N(C)C2. The van der Waals surface area contributed by atoms with E-state index in [1.165, 1.54) is 0 Å². The Morgan fingerprint density at radius 3 is 2.56 bits per heavy atom. The molecule has 2 fully saturated rings. The van der Waals surface area contributed by atoms with Crippen LogP contribution in [0.2, 0.25) is 0 Å². The van der Waals surface area contributed by atoms with Gasteiger partial charge in [0.2, 0.25) is 5.91 Å². The van der Waals surface area contributed by atoms with E-state index >= 15 is 0 Å². The molecule has 2 amide bonds. The van der Waals surface area contributed by atoms with E-state index in [-0.39, 0.29) is 23.3 Å². The molecule has 1 atom stereocenters. The first-order chi connectivity index (χ1) is 12.0. The lowest BCUT2D eigenvalue weighted by Crippen LogP contribution is -2.53. The minimum atomic E-state index is -0.198. The summed E-state index contributed by atoms with van der Waals surface area (Å²) in [6, 6.07) is 10.1. The number of likely N-dealkylation sites (N-methyl/N-ethyl adjacent to an activating group) is 1. The topological polar surface area (TPSA) is 49.9 Å². The first-order valence-electron chi connectivity index (χ1n) is 9.26. The van der Waals surface area contributed by atoms with Gasteiger partial charge in [0.15, 0.2) is 0 Å². The van der Waals surface area contributed by atoms with Crippen molar-refractivity contribution >= 4 is 12.0 Å². The van der Waals surface area contributed by atoms with Gasteiger partial charge in [-0.1, -0.05) is 37.3 Å². The van der Waals surface area contributed by atoms with E-state index in [0.29, 0.717) is 19.7 Å². The Bertz CT molecular complexity index is 609. The highest BCUT2D eigenvalue weighted by atomic mass is 16.6. The number of benzene rings is 1. The number of rotatable bonds is 3. The number of likely N-dealkylation sites (tertiary alicyclic amines) is 2. The second-order valence-electron chi connectivity index (χ2n) is 7.46. The van der Waals surface area contributed by atoms with Crippen molar-refractivity contribution in [3.05, 3.63) is 35.9 Å². The van der Waals surface area contributed by atoms with Gasteiger partial charge in [-0.25, -0.2) is 4.79 Å². The van der Waals surface area contributed by atoms with E-state index in [9.17, 15) is 9.59 Å². The van der Waals surface area contributed by atoms with Crippen LogP contribution in [0.5, 0.6) is 0 Å². The van der Waals surface area contributed by atoms with E-state index in [0.717, 1.165) is 37.8 Å². The molecule has 0 bridgehead atoms. The summed E-state index contributed by atoms with van der Waals surface area (Å²) in [5.74, 6) is 0.139. The van der Waals surface area contributed by atoms with Gasteiger partial charge in [-0.15, -0.1) is 0 Å². The average Bonchev–Trinajstić information content (AvgIpc) is 2.64. The zero-order valence-corrected chi connectivity index (χ0v) is 15.2. The van der Waals surface area contributed by atoms with Gasteiger partial charge in [-0.05, 0) is 36.7 Å². The van der Waals surface area contributed by atoms with Gasteiger partial charge in [-0.2, -0.15) is 0 Å². The molecule has 1 aromatic rings. The molecule has 2 aliphatic heterocycles. The van der Waals surface area contributed by atoms with Crippen LogP contribution in [0.15, 0.2) is 30.3 Å². The molecular weight excluding hydrogens is 316 g/mol.